The van der Waals surface area contributed by atoms with E-state index in [2.05, 4.69) is 0 Å². The van der Waals surface area contributed by atoms with Crippen molar-refractivity contribution < 1.29 is 18.7 Å². The maximum atomic E-state index is 13.3. The summed E-state index contributed by atoms with van der Waals surface area (Å²) in [7, 11) is 1.57. The molecule has 27 heavy (non-hydrogen) atoms. The Morgan fingerprint density at radius 3 is 2.67 bits per heavy atom. The second-order valence-electron chi connectivity index (χ2n) is 6.06. The summed E-state index contributed by atoms with van der Waals surface area (Å²) in [5, 5.41) is -0.207. The second kappa shape index (κ2) is 8.71. The highest BCUT2D eigenvalue weighted by atomic mass is 32.2. The van der Waals surface area contributed by atoms with Crippen LogP contribution in [0.3, 0.4) is 0 Å². The predicted octanol–water partition coefficient (Wildman–Crippen LogP) is 4.20. The van der Waals surface area contributed by atoms with E-state index in [1.807, 2.05) is 25.1 Å². The average molecular weight is 406 g/mol. The quantitative estimate of drug-likeness (QED) is 0.646. The van der Waals surface area contributed by atoms with Gasteiger partial charge in [0.05, 0.1) is 12.4 Å². The standard InChI is InChI=1S/C20H20FNO3S2/c1-3-22-19(23)18(27-20(22)26)11-13-7-8-16(17(10-13)24-2)25-12-14-5-4-6-15(21)9-14/h4-10,18H,3,11-12H2,1-2H3/t18-/m1/s1. The highest BCUT2D eigenvalue weighted by Crippen LogP contribution is 2.33. The second-order valence-corrected chi connectivity index (χ2v) is 7.90. The summed E-state index contributed by atoms with van der Waals surface area (Å²) in [6.07, 6.45) is 0.570. The molecule has 0 N–H and O–H groups in total. The third-order valence-corrected chi connectivity index (χ3v) is 5.84. The first-order valence-electron chi connectivity index (χ1n) is 8.58. The molecule has 2 aromatic carbocycles. The van der Waals surface area contributed by atoms with Gasteiger partial charge in [0.15, 0.2) is 11.5 Å². The maximum Gasteiger partial charge on any atom is 0.241 e. The van der Waals surface area contributed by atoms with Gasteiger partial charge in [-0.05, 0) is 48.7 Å². The number of carbonyl (C=O) groups excluding carboxylic acids is 1. The zero-order valence-electron chi connectivity index (χ0n) is 15.1. The van der Waals surface area contributed by atoms with Crippen molar-refractivity contribution in [2.24, 2.45) is 0 Å². The molecule has 0 unspecified atom stereocenters. The molecule has 4 nitrogen and oxygen atoms in total. The number of thiocarbonyl (C=S) groups is 1. The minimum atomic E-state index is -0.295. The molecule has 1 aliphatic heterocycles. The molecular weight excluding hydrogens is 385 g/mol. The summed E-state index contributed by atoms with van der Waals surface area (Å²) in [6, 6.07) is 11.9. The minimum Gasteiger partial charge on any atom is -0.493 e. The molecule has 1 aliphatic rings. The fourth-order valence-electron chi connectivity index (χ4n) is 2.87. The minimum absolute atomic E-state index is 0.0536. The molecule has 2 aromatic rings. The Hall–Kier alpha value is -2.12. The van der Waals surface area contributed by atoms with Crippen LogP contribution in [-0.4, -0.2) is 34.0 Å². The lowest BCUT2D eigenvalue weighted by Crippen LogP contribution is -2.31. The predicted molar refractivity (Wildman–Crippen MR) is 109 cm³/mol. The molecule has 1 amide bonds. The smallest absolute Gasteiger partial charge is 0.241 e. The Kier molecular flexibility index (Phi) is 6.34. The number of thioether (sulfide) groups is 1. The highest BCUT2D eigenvalue weighted by Gasteiger charge is 2.35. The Morgan fingerprint density at radius 2 is 2.00 bits per heavy atom. The summed E-state index contributed by atoms with van der Waals surface area (Å²) < 4.78 is 25.1. The van der Waals surface area contributed by atoms with E-state index in [4.69, 9.17) is 21.7 Å². The Morgan fingerprint density at radius 1 is 1.19 bits per heavy atom. The lowest BCUT2D eigenvalue weighted by atomic mass is 10.1. The number of ether oxygens (including phenoxy) is 2. The van der Waals surface area contributed by atoms with Crippen LogP contribution in [0.2, 0.25) is 0 Å². The fraction of sp³-hybridized carbons (Fsp3) is 0.300. The van der Waals surface area contributed by atoms with Gasteiger partial charge in [0.1, 0.15) is 16.7 Å². The van der Waals surface area contributed by atoms with E-state index < -0.39 is 0 Å². The molecule has 0 spiro atoms. The van der Waals surface area contributed by atoms with Crippen LogP contribution in [0.25, 0.3) is 0 Å². The number of rotatable bonds is 7. The molecule has 7 heteroatoms. The number of nitrogens with zero attached hydrogens (tertiary/aromatic N) is 1. The number of methoxy groups -OCH3 is 1. The van der Waals surface area contributed by atoms with Gasteiger partial charge in [0.2, 0.25) is 5.91 Å². The number of amides is 1. The Labute approximate surface area is 167 Å². The topological polar surface area (TPSA) is 38.8 Å². The number of halogens is 1. The fourth-order valence-corrected chi connectivity index (χ4v) is 4.53. The van der Waals surface area contributed by atoms with E-state index in [0.29, 0.717) is 28.8 Å². The van der Waals surface area contributed by atoms with E-state index >= 15 is 0 Å². The van der Waals surface area contributed by atoms with E-state index in [-0.39, 0.29) is 23.6 Å². The van der Waals surface area contributed by atoms with Crippen LogP contribution in [0.15, 0.2) is 42.5 Å². The maximum absolute atomic E-state index is 13.3. The van der Waals surface area contributed by atoms with Crippen molar-refractivity contribution in [3.63, 3.8) is 0 Å². The number of benzene rings is 2. The van der Waals surface area contributed by atoms with Gasteiger partial charge in [-0.3, -0.25) is 9.69 Å². The van der Waals surface area contributed by atoms with Crippen molar-refractivity contribution in [3.05, 3.63) is 59.4 Å². The molecule has 0 radical (unpaired) electrons. The summed E-state index contributed by atoms with van der Waals surface area (Å²) in [4.78, 5) is 14.0. The summed E-state index contributed by atoms with van der Waals surface area (Å²) in [6.45, 7) is 2.75. The Balaban J connectivity index is 1.69. The van der Waals surface area contributed by atoms with E-state index in [1.165, 1.54) is 23.9 Å². The molecule has 0 aliphatic carbocycles. The van der Waals surface area contributed by atoms with E-state index in [1.54, 1.807) is 24.1 Å². The zero-order chi connectivity index (χ0) is 19.4. The SMILES string of the molecule is CCN1C(=O)[C@@H](Cc2ccc(OCc3cccc(F)c3)c(OC)c2)SC1=S. The van der Waals surface area contributed by atoms with Gasteiger partial charge in [-0.2, -0.15) is 0 Å². The van der Waals surface area contributed by atoms with Crippen LogP contribution in [0.1, 0.15) is 18.1 Å². The van der Waals surface area contributed by atoms with Crippen molar-refractivity contribution in [1.82, 2.24) is 4.90 Å². The molecule has 1 saturated heterocycles. The van der Waals surface area contributed by atoms with Crippen molar-refractivity contribution in [3.8, 4) is 11.5 Å². The average Bonchev–Trinajstić information content (AvgIpc) is 2.93. The summed E-state index contributed by atoms with van der Waals surface area (Å²) in [5.74, 6) is 0.907. The van der Waals surface area contributed by atoms with Crippen LogP contribution in [0, 0.1) is 5.82 Å². The van der Waals surface area contributed by atoms with Crippen LogP contribution in [-0.2, 0) is 17.8 Å². The lowest BCUT2D eigenvalue weighted by Gasteiger charge is -2.14. The monoisotopic (exact) mass is 405 g/mol. The number of carbonyl (C=O) groups is 1. The van der Waals surface area contributed by atoms with Crippen LogP contribution < -0.4 is 9.47 Å². The lowest BCUT2D eigenvalue weighted by molar-refractivity contribution is -0.125. The summed E-state index contributed by atoms with van der Waals surface area (Å²) in [5.41, 5.74) is 1.71. The molecular formula is C20H20FNO3S2. The van der Waals surface area contributed by atoms with Crippen LogP contribution in [0.5, 0.6) is 11.5 Å². The van der Waals surface area contributed by atoms with E-state index in [0.717, 1.165) is 11.1 Å². The van der Waals surface area contributed by atoms with Crippen molar-refractivity contribution in [2.45, 2.75) is 25.2 Å². The number of hydrogen-bond acceptors (Lipinski definition) is 5. The van der Waals surface area contributed by atoms with Gasteiger partial charge in [-0.1, -0.05) is 42.2 Å². The third-order valence-electron chi connectivity index (χ3n) is 4.25. The highest BCUT2D eigenvalue weighted by molar-refractivity contribution is 8.24. The molecule has 3 rings (SSSR count). The normalized spacial score (nSPS) is 16.7. The van der Waals surface area contributed by atoms with Gasteiger partial charge < -0.3 is 9.47 Å². The largest absolute Gasteiger partial charge is 0.493 e. The molecule has 0 aromatic heterocycles. The van der Waals surface area contributed by atoms with Crippen molar-refractivity contribution in [1.29, 1.82) is 0 Å². The Bertz CT molecular complexity index is 859. The van der Waals surface area contributed by atoms with Gasteiger partial charge in [0, 0.05) is 6.54 Å². The summed E-state index contributed by atoms with van der Waals surface area (Å²) >= 11 is 6.69. The molecule has 0 saturated carbocycles. The van der Waals surface area contributed by atoms with Gasteiger partial charge in [-0.15, -0.1) is 0 Å². The molecule has 142 valence electrons. The van der Waals surface area contributed by atoms with Crippen molar-refractivity contribution >= 4 is 34.2 Å². The van der Waals surface area contributed by atoms with Crippen molar-refractivity contribution in [2.75, 3.05) is 13.7 Å². The van der Waals surface area contributed by atoms with Crippen LogP contribution in [0.4, 0.5) is 4.39 Å². The van der Waals surface area contributed by atoms with Crippen LogP contribution >= 0.6 is 24.0 Å². The van der Waals surface area contributed by atoms with Gasteiger partial charge in [0.25, 0.3) is 0 Å². The first kappa shape index (κ1) is 19.6. The first-order chi connectivity index (χ1) is 13.0. The zero-order valence-corrected chi connectivity index (χ0v) is 16.7. The van der Waals surface area contributed by atoms with Gasteiger partial charge >= 0.3 is 0 Å². The molecule has 0 bridgehead atoms. The van der Waals surface area contributed by atoms with Gasteiger partial charge in [-0.25, -0.2) is 4.39 Å². The molecule has 1 fully saturated rings. The third kappa shape index (κ3) is 4.59. The first-order valence-corrected chi connectivity index (χ1v) is 9.86. The van der Waals surface area contributed by atoms with E-state index in [9.17, 15) is 9.18 Å². The molecule has 1 heterocycles. The number of hydrogen-bond donors (Lipinski definition) is 0. The molecule has 1 atom stereocenters.